The van der Waals surface area contributed by atoms with E-state index in [1.807, 2.05) is 0 Å². The second-order valence-electron chi connectivity index (χ2n) is 5.01. The van der Waals surface area contributed by atoms with Gasteiger partial charge in [0.2, 0.25) is 0 Å². The van der Waals surface area contributed by atoms with Crippen LogP contribution in [0.4, 0.5) is 0 Å². The number of carboxylic acid groups (broad SMARTS) is 3. The second kappa shape index (κ2) is 13.8. The van der Waals surface area contributed by atoms with E-state index in [1.165, 1.54) is 0 Å². The average molecular weight is 418 g/mol. The first-order valence-electron chi connectivity index (χ1n) is 7.77. The fourth-order valence-electron chi connectivity index (χ4n) is 1.74. The van der Waals surface area contributed by atoms with Crippen LogP contribution >= 0.6 is 0 Å². The number of hydrogen-bond donors (Lipinski definition) is 3. The molecule has 0 unspecified atom stereocenters. The van der Waals surface area contributed by atoms with E-state index in [0.29, 0.717) is 16.7 Å². The first kappa shape index (κ1) is 24.6. The van der Waals surface area contributed by atoms with Gasteiger partial charge in [-0.3, -0.25) is 0 Å². The Hall–Kier alpha value is -3.40. The van der Waals surface area contributed by atoms with Gasteiger partial charge in [0.25, 0.3) is 0 Å². The maximum Gasteiger partial charge on any atom is 0.335 e. The van der Waals surface area contributed by atoms with E-state index in [1.54, 1.807) is 91.0 Å². The summed E-state index contributed by atoms with van der Waals surface area (Å²) in [7, 11) is 0. The Kier molecular flexibility index (Phi) is 12.1. The summed E-state index contributed by atoms with van der Waals surface area (Å²) in [6, 6.07) is 24.9. The molecular weight excluding hydrogens is 400 g/mol. The Morgan fingerprint density at radius 2 is 0.607 bits per heavy atom. The summed E-state index contributed by atoms with van der Waals surface area (Å²) in [6.45, 7) is 0. The summed E-state index contributed by atoms with van der Waals surface area (Å²) < 4.78 is 0. The molecule has 0 radical (unpaired) electrons. The van der Waals surface area contributed by atoms with Crippen molar-refractivity contribution in [3.8, 4) is 0 Å². The molecule has 3 aromatic carbocycles. The normalized spacial score (nSPS) is 8.57. The number of carbonyl (C=O) groups is 3. The topological polar surface area (TPSA) is 112 Å². The third kappa shape index (κ3) is 9.92. The van der Waals surface area contributed by atoms with E-state index in [0.717, 1.165) is 0 Å². The fraction of sp³-hybridized carbons (Fsp3) is 0. The van der Waals surface area contributed by atoms with E-state index in [4.69, 9.17) is 15.3 Å². The van der Waals surface area contributed by atoms with Crippen LogP contribution in [0.3, 0.4) is 0 Å². The van der Waals surface area contributed by atoms with Gasteiger partial charge in [0, 0.05) is 17.4 Å². The van der Waals surface area contributed by atoms with E-state index in [-0.39, 0.29) is 17.4 Å². The van der Waals surface area contributed by atoms with Crippen LogP contribution in [-0.4, -0.2) is 33.2 Å². The zero-order valence-corrected chi connectivity index (χ0v) is 15.9. The number of benzene rings is 3. The van der Waals surface area contributed by atoms with Crippen LogP contribution in [0.25, 0.3) is 0 Å². The molecule has 0 aliphatic heterocycles. The molecule has 0 saturated carbocycles. The van der Waals surface area contributed by atoms with E-state index in [2.05, 4.69) is 0 Å². The Morgan fingerprint density at radius 1 is 0.429 bits per heavy atom. The average Bonchev–Trinajstić information content (AvgIpc) is 2.71. The van der Waals surface area contributed by atoms with Crippen molar-refractivity contribution in [1.29, 1.82) is 0 Å². The van der Waals surface area contributed by atoms with Crippen LogP contribution in [0, 0.1) is 0 Å². The molecule has 7 heteroatoms. The monoisotopic (exact) mass is 418 g/mol. The minimum atomic E-state index is -0.879. The zero-order chi connectivity index (χ0) is 20.1. The van der Waals surface area contributed by atoms with Crippen LogP contribution in [0.15, 0.2) is 91.0 Å². The van der Waals surface area contributed by atoms with Crippen molar-refractivity contribution in [2.45, 2.75) is 0 Å². The molecule has 0 amide bonds. The van der Waals surface area contributed by atoms with Gasteiger partial charge < -0.3 is 15.3 Å². The number of rotatable bonds is 3. The first-order chi connectivity index (χ1) is 12.9. The summed E-state index contributed by atoms with van der Waals surface area (Å²) in [4.78, 5) is 30.6. The molecular formula is C21H18CrO6. The molecule has 0 aliphatic carbocycles. The Labute approximate surface area is 172 Å². The van der Waals surface area contributed by atoms with Crippen molar-refractivity contribution < 1.29 is 47.1 Å². The number of hydrogen-bond acceptors (Lipinski definition) is 3. The predicted molar refractivity (Wildman–Crippen MR) is 100 cm³/mol. The largest absolute Gasteiger partial charge is 0.478 e. The zero-order valence-electron chi connectivity index (χ0n) is 14.6. The molecule has 0 atom stereocenters. The smallest absolute Gasteiger partial charge is 0.335 e. The molecule has 144 valence electrons. The predicted octanol–water partition coefficient (Wildman–Crippen LogP) is 4.15. The molecule has 0 fully saturated rings. The standard InChI is InChI=1S/3C7H6O2.Cr/c3*8-7(9)6-4-2-1-3-5-6;/h3*1-5H,(H,8,9);. The van der Waals surface area contributed by atoms with E-state index in [9.17, 15) is 14.4 Å². The molecule has 0 aliphatic rings. The van der Waals surface area contributed by atoms with Crippen molar-refractivity contribution in [2.24, 2.45) is 0 Å². The number of carboxylic acids is 3. The van der Waals surface area contributed by atoms with Gasteiger partial charge in [-0.2, -0.15) is 0 Å². The van der Waals surface area contributed by atoms with Crippen LogP contribution in [0.5, 0.6) is 0 Å². The molecule has 3 aromatic rings. The van der Waals surface area contributed by atoms with Crippen LogP contribution < -0.4 is 0 Å². The molecule has 0 aromatic heterocycles. The summed E-state index contributed by atoms with van der Waals surface area (Å²) >= 11 is 0. The summed E-state index contributed by atoms with van der Waals surface area (Å²) in [5, 5.41) is 25.2. The van der Waals surface area contributed by atoms with Crippen LogP contribution in [0.2, 0.25) is 0 Å². The third-order valence-corrected chi connectivity index (χ3v) is 3.06. The van der Waals surface area contributed by atoms with E-state index < -0.39 is 17.9 Å². The van der Waals surface area contributed by atoms with Gasteiger partial charge in [0.05, 0.1) is 16.7 Å². The van der Waals surface area contributed by atoms with Crippen molar-refractivity contribution in [1.82, 2.24) is 0 Å². The Balaban J connectivity index is 0.000000384. The molecule has 3 rings (SSSR count). The molecule has 0 saturated heterocycles. The molecule has 0 spiro atoms. The molecule has 28 heavy (non-hydrogen) atoms. The number of aromatic carboxylic acids is 3. The minimum absolute atomic E-state index is 0. The van der Waals surface area contributed by atoms with E-state index >= 15 is 0 Å². The second-order valence-corrected chi connectivity index (χ2v) is 5.01. The van der Waals surface area contributed by atoms with Gasteiger partial charge in [-0.05, 0) is 36.4 Å². The van der Waals surface area contributed by atoms with Crippen molar-refractivity contribution in [2.75, 3.05) is 0 Å². The SMILES string of the molecule is O=C(O)c1ccccc1.O=C(O)c1ccccc1.O=C(O)c1ccccc1.[Cr]. The quantitative estimate of drug-likeness (QED) is 0.589. The van der Waals surface area contributed by atoms with Gasteiger partial charge in [-0.1, -0.05) is 54.6 Å². The maximum atomic E-state index is 10.2. The Morgan fingerprint density at radius 3 is 0.714 bits per heavy atom. The maximum absolute atomic E-state index is 10.2. The minimum Gasteiger partial charge on any atom is -0.478 e. The summed E-state index contributed by atoms with van der Waals surface area (Å²) in [6.07, 6.45) is 0. The van der Waals surface area contributed by atoms with Crippen molar-refractivity contribution in [3.63, 3.8) is 0 Å². The first-order valence-corrected chi connectivity index (χ1v) is 7.77. The fourth-order valence-corrected chi connectivity index (χ4v) is 1.74. The molecule has 3 N–H and O–H groups in total. The van der Waals surface area contributed by atoms with Gasteiger partial charge in [-0.25, -0.2) is 14.4 Å². The summed E-state index contributed by atoms with van der Waals surface area (Å²) in [5.41, 5.74) is 0.993. The van der Waals surface area contributed by atoms with Gasteiger partial charge in [-0.15, -0.1) is 0 Å². The van der Waals surface area contributed by atoms with Gasteiger partial charge in [0.1, 0.15) is 0 Å². The van der Waals surface area contributed by atoms with Gasteiger partial charge in [0.15, 0.2) is 0 Å². The van der Waals surface area contributed by atoms with Gasteiger partial charge >= 0.3 is 17.9 Å². The van der Waals surface area contributed by atoms with Crippen LogP contribution in [-0.2, 0) is 17.4 Å². The molecule has 0 heterocycles. The summed E-state index contributed by atoms with van der Waals surface area (Å²) in [5.74, 6) is -2.64. The van der Waals surface area contributed by atoms with Crippen LogP contribution in [0.1, 0.15) is 31.1 Å². The third-order valence-electron chi connectivity index (χ3n) is 3.06. The molecule has 6 nitrogen and oxygen atoms in total. The van der Waals surface area contributed by atoms with Crippen molar-refractivity contribution >= 4 is 17.9 Å². The Bertz CT molecular complexity index is 734. The van der Waals surface area contributed by atoms with Crippen molar-refractivity contribution in [3.05, 3.63) is 108 Å². The molecule has 0 bridgehead atoms.